The number of aryl methyl sites for hydroxylation is 1. The molecule has 6 rings (SSSR count). The number of H-pyrrole nitrogens is 2. The first-order chi connectivity index (χ1) is 14.8. The zero-order chi connectivity index (χ0) is 20.1. The van der Waals surface area contributed by atoms with Crippen LogP contribution in [-0.4, -0.2) is 48.0 Å². The summed E-state index contributed by atoms with van der Waals surface area (Å²) in [6.45, 7) is 2.20. The second kappa shape index (κ2) is 6.69. The van der Waals surface area contributed by atoms with Crippen molar-refractivity contribution in [1.82, 2.24) is 34.9 Å². The molecule has 0 aromatic carbocycles. The van der Waals surface area contributed by atoms with Crippen molar-refractivity contribution in [2.45, 2.75) is 19.3 Å². The molecule has 8 nitrogen and oxygen atoms in total. The molecule has 1 fully saturated rings. The van der Waals surface area contributed by atoms with Crippen LogP contribution in [0.4, 0.5) is 5.69 Å². The molecule has 0 unspecified atom stereocenters. The number of piperidine rings is 1. The van der Waals surface area contributed by atoms with Crippen LogP contribution in [-0.2, 0) is 7.05 Å². The lowest BCUT2D eigenvalue weighted by Crippen LogP contribution is -2.29. The zero-order valence-electron chi connectivity index (χ0n) is 16.8. The summed E-state index contributed by atoms with van der Waals surface area (Å²) in [7, 11) is 1.91. The average Bonchev–Trinajstić information content (AvgIpc) is 3.50. The average molecular weight is 398 g/mol. The molecule has 5 aromatic rings. The third-order valence-corrected chi connectivity index (χ3v) is 5.92. The van der Waals surface area contributed by atoms with E-state index >= 15 is 0 Å². The Hall–Kier alpha value is -3.68. The summed E-state index contributed by atoms with van der Waals surface area (Å²) in [5.41, 5.74) is 6.78. The van der Waals surface area contributed by atoms with Crippen molar-refractivity contribution in [2.24, 2.45) is 7.05 Å². The maximum absolute atomic E-state index is 4.57. The van der Waals surface area contributed by atoms with Crippen molar-refractivity contribution in [2.75, 3.05) is 18.0 Å². The van der Waals surface area contributed by atoms with E-state index in [1.807, 2.05) is 31.8 Å². The van der Waals surface area contributed by atoms with E-state index in [-0.39, 0.29) is 0 Å². The smallest absolute Gasteiger partial charge is 0.181 e. The summed E-state index contributed by atoms with van der Waals surface area (Å²) in [5.74, 6) is 0. The molecule has 150 valence electrons. The van der Waals surface area contributed by atoms with E-state index in [1.54, 1.807) is 4.68 Å². The number of anilines is 1. The van der Waals surface area contributed by atoms with E-state index in [1.165, 1.54) is 24.9 Å². The Morgan fingerprint density at radius 1 is 0.967 bits per heavy atom. The highest BCUT2D eigenvalue weighted by Gasteiger charge is 2.18. The van der Waals surface area contributed by atoms with Gasteiger partial charge in [0, 0.05) is 66.3 Å². The van der Waals surface area contributed by atoms with E-state index in [4.69, 9.17) is 0 Å². The highest BCUT2D eigenvalue weighted by atomic mass is 15.2. The third-order valence-electron chi connectivity index (χ3n) is 5.92. The van der Waals surface area contributed by atoms with Gasteiger partial charge in [0.1, 0.15) is 5.65 Å². The van der Waals surface area contributed by atoms with Gasteiger partial charge in [0.15, 0.2) is 5.65 Å². The predicted molar refractivity (Wildman–Crippen MR) is 117 cm³/mol. The number of nitrogens with one attached hydrogen (secondary N) is 2. The maximum Gasteiger partial charge on any atom is 0.181 e. The summed E-state index contributed by atoms with van der Waals surface area (Å²) < 4.78 is 1.79. The fourth-order valence-electron chi connectivity index (χ4n) is 4.39. The number of pyridine rings is 2. The molecule has 0 amide bonds. The van der Waals surface area contributed by atoms with E-state index in [0.29, 0.717) is 5.65 Å². The van der Waals surface area contributed by atoms with Gasteiger partial charge in [-0.3, -0.25) is 9.78 Å². The number of fused-ring (bicyclic) bond motifs is 2. The SMILES string of the molecule is Cn1cc(-c2cnc3n[nH]c(-c4cc5c(N6CCCCC6)ccnc5[nH]4)c3c2)cn1. The standard InChI is InChI=1S/C22H22N8/c1-29-13-15(12-25-29)14-9-17-20(27-28-22(17)24-11-14)18-10-16-19(5-6-23-21(16)26-18)30-7-3-2-4-8-30/h5-6,9-13H,2-4,7-8H2,1H3,(H,23,26)(H,24,27,28). The molecule has 0 bridgehead atoms. The van der Waals surface area contributed by atoms with Gasteiger partial charge >= 0.3 is 0 Å². The monoisotopic (exact) mass is 398 g/mol. The first-order valence-corrected chi connectivity index (χ1v) is 10.3. The van der Waals surface area contributed by atoms with Gasteiger partial charge in [-0.05, 0) is 37.5 Å². The first-order valence-electron chi connectivity index (χ1n) is 10.3. The summed E-state index contributed by atoms with van der Waals surface area (Å²) in [5, 5.41) is 14.0. The number of rotatable bonds is 3. The van der Waals surface area contributed by atoms with Crippen LogP contribution in [0.2, 0.25) is 0 Å². The lowest BCUT2D eigenvalue weighted by atomic mass is 10.1. The van der Waals surface area contributed by atoms with Crippen LogP contribution in [0.15, 0.2) is 43.0 Å². The number of hydrogen-bond donors (Lipinski definition) is 2. The topological polar surface area (TPSA) is 91.3 Å². The summed E-state index contributed by atoms with van der Waals surface area (Å²) in [4.78, 5) is 15.1. The van der Waals surface area contributed by atoms with Gasteiger partial charge in [-0.15, -0.1) is 0 Å². The minimum Gasteiger partial charge on any atom is -0.371 e. The normalized spacial score (nSPS) is 14.8. The van der Waals surface area contributed by atoms with Crippen LogP contribution in [0.25, 0.3) is 44.6 Å². The Bertz CT molecular complexity index is 1350. The number of aromatic nitrogens is 7. The molecule has 0 saturated carbocycles. The van der Waals surface area contributed by atoms with Gasteiger partial charge in [-0.2, -0.15) is 10.2 Å². The van der Waals surface area contributed by atoms with Crippen molar-refractivity contribution < 1.29 is 0 Å². The lowest BCUT2D eigenvalue weighted by molar-refractivity contribution is 0.579. The van der Waals surface area contributed by atoms with Gasteiger partial charge < -0.3 is 9.88 Å². The van der Waals surface area contributed by atoms with Crippen molar-refractivity contribution in [1.29, 1.82) is 0 Å². The molecule has 0 atom stereocenters. The van der Waals surface area contributed by atoms with Crippen LogP contribution in [0.5, 0.6) is 0 Å². The number of hydrogen-bond acceptors (Lipinski definition) is 5. The van der Waals surface area contributed by atoms with Gasteiger partial charge in [0.2, 0.25) is 0 Å². The molecule has 1 saturated heterocycles. The minimum atomic E-state index is 0.695. The summed E-state index contributed by atoms with van der Waals surface area (Å²) >= 11 is 0. The lowest BCUT2D eigenvalue weighted by Gasteiger charge is -2.29. The van der Waals surface area contributed by atoms with E-state index < -0.39 is 0 Å². The molecule has 6 heterocycles. The molecule has 1 aliphatic rings. The summed E-state index contributed by atoms with van der Waals surface area (Å²) in [6, 6.07) is 6.41. The van der Waals surface area contributed by atoms with Crippen molar-refractivity contribution in [3.63, 3.8) is 0 Å². The Morgan fingerprint density at radius 2 is 1.87 bits per heavy atom. The molecule has 2 N–H and O–H groups in total. The van der Waals surface area contributed by atoms with Crippen molar-refractivity contribution >= 4 is 27.8 Å². The van der Waals surface area contributed by atoms with Crippen molar-refractivity contribution in [3.8, 4) is 22.5 Å². The van der Waals surface area contributed by atoms with E-state index in [2.05, 4.69) is 53.3 Å². The van der Waals surface area contributed by atoms with Crippen LogP contribution in [0, 0.1) is 0 Å². The highest BCUT2D eigenvalue weighted by Crippen LogP contribution is 2.34. The Kier molecular flexibility index (Phi) is 3.83. The van der Waals surface area contributed by atoms with Crippen LogP contribution in [0.1, 0.15) is 19.3 Å². The largest absolute Gasteiger partial charge is 0.371 e. The van der Waals surface area contributed by atoms with Crippen LogP contribution in [0.3, 0.4) is 0 Å². The summed E-state index contributed by atoms with van der Waals surface area (Å²) in [6.07, 6.45) is 11.4. The maximum atomic E-state index is 4.57. The quantitative estimate of drug-likeness (QED) is 0.481. The highest BCUT2D eigenvalue weighted by molar-refractivity contribution is 5.98. The fraction of sp³-hybridized carbons (Fsp3) is 0.273. The van der Waals surface area contributed by atoms with Crippen LogP contribution >= 0.6 is 0 Å². The Balaban J connectivity index is 1.47. The molecule has 0 aliphatic carbocycles. The second-order valence-corrected chi connectivity index (χ2v) is 7.92. The third kappa shape index (κ3) is 2.75. The molecule has 0 radical (unpaired) electrons. The molecule has 30 heavy (non-hydrogen) atoms. The number of aromatic amines is 2. The van der Waals surface area contributed by atoms with Crippen LogP contribution < -0.4 is 4.90 Å². The van der Waals surface area contributed by atoms with E-state index in [9.17, 15) is 0 Å². The first kappa shape index (κ1) is 17.2. The molecular formula is C22H22N8. The molecule has 1 aliphatic heterocycles. The molecule has 0 spiro atoms. The minimum absolute atomic E-state index is 0.695. The van der Waals surface area contributed by atoms with Gasteiger partial charge in [0.25, 0.3) is 0 Å². The zero-order valence-corrected chi connectivity index (χ0v) is 16.8. The number of nitrogens with zero attached hydrogens (tertiary/aromatic N) is 6. The fourth-order valence-corrected chi connectivity index (χ4v) is 4.39. The second-order valence-electron chi connectivity index (χ2n) is 7.92. The van der Waals surface area contributed by atoms with Gasteiger partial charge in [0.05, 0.1) is 17.6 Å². The molecule has 5 aromatic heterocycles. The van der Waals surface area contributed by atoms with Gasteiger partial charge in [-0.1, -0.05) is 0 Å². The molecular weight excluding hydrogens is 376 g/mol. The predicted octanol–water partition coefficient (Wildman–Crippen LogP) is 3.89. The van der Waals surface area contributed by atoms with Crippen molar-refractivity contribution in [3.05, 3.63) is 43.0 Å². The van der Waals surface area contributed by atoms with E-state index in [0.717, 1.165) is 52.0 Å². The Labute approximate surface area is 173 Å². The Morgan fingerprint density at radius 3 is 2.70 bits per heavy atom. The van der Waals surface area contributed by atoms with Gasteiger partial charge in [-0.25, -0.2) is 9.97 Å². The molecule has 8 heteroatoms.